The van der Waals surface area contributed by atoms with Gasteiger partial charge >= 0.3 is 5.97 Å². The lowest BCUT2D eigenvalue weighted by atomic mass is 9.72. The Bertz CT molecular complexity index is 1120. The molecule has 0 bridgehead atoms. The summed E-state index contributed by atoms with van der Waals surface area (Å²) in [5.41, 5.74) is 3.34. The third kappa shape index (κ3) is 4.29. The Morgan fingerprint density at radius 1 is 1.15 bits per heavy atom. The Morgan fingerprint density at radius 2 is 1.97 bits per heavy atom. The van der Waals surface area contributed by atoms with E-state index in [0.717, 1.165) is 11.3 Å². The quantitative estimate of drug-likeness (QED) is 0.573. The summed E-state index contributed by atoms with van der Waals surface area (Å²) in [5.74, 6) is 0.210. The molecule has 0 radical (unpaired) electrons. The molecule has 1 aliphatic heterocycles. The van der Waals surface area contributed by atoms with Crippen LogP contribution in [-0.2, 0) is 14.3 Å². The second-order valence-corrected chi connectivity index (χ2v) is 9.23. The first-order valence-electron chi connectivity index (χ1n) is 11.2. The van der Waals surface area contributed by atoms with Gasteiger partial charge in [-0.15, -0.1) is 11.3 Å². The van der Waals surface area contributed by atoms with Crippen LogP contribution < -0.4 is 14.8 Å². The molecule has 2 atom stereocenters. The molecule has 1 aliphatic carbocycles. The molecule has 0 saturated carbocycles. The van der Waals surface area contributed by atoms with Crippen LogP contribution in [0.25, 0.3) is 0 Å². The second-order valence-electron chi connectivity index (χ2n) is 8.25. The second kappa shape index (κ2) is 9.83. The van der Waals surface area contributed by atoms with Crippen molar-refractivity contribution in [1.82, 2.24) is 5.32 Å². The van der Waals surface area contributed by atoms with Gasteiger partial charge in [0.1, 0.15) is 0 Å². The van der Waals surface area contributed by atoms with Crippen molar-refractivity contribution >= 4 is 23.1 Å². The number of para-hydroxylation sites is 1. The molecular weight excluding hydrogens is 438 g/mol. The highest BCUT2D eigenvalue weighted by Gasteiger charge is 2.43. The molecule has 174 valence electrons. The maximum absolute atomic E-state index is 13.6. The van der Waals surface area contributed by atoms with Crippen LogP contribution in [0.15, 0.2) is 58.3 Å². The van der Waals surface area contributed by atoms with Gasteiger partial charge in [-0.2, -0.15) is 0 Å². The summed E-state index contributed by atoms with van der Waals surface area (Å²) in [5, 5.41) is 5.42. The minimum absolute atomic E-state index is 0.0327. The third-order valence-electron chi connectivity index (χ3n) is 6.17. The molecule has 4 rings (SSSR count). The van der Waals surface area contributed by atoms with Gasteiger partial charge in [0.25, 0.3) is 0 Å². The molecule has 33 heavy (non-hydrogen) atoms. The van der Waals surface area contributed by atoms with E-state index in [2.05, 4.69) is 11.4 Å². The number of ether oxygens (including phenoxy) is 3. The standard InChI is InChI=1S/C26H29NO5S/c1-5-11-32-26(29)22-15(2)27-18-13-16(21-10-7-12-33-21)14-19(28)24(18)23(22)17-8-6-9-20(30-3)25(17)31-4/h6-10,12,16,23,27H,5,11,13-14H2,1-4H3/t16-,23-/m0/s1. The molecule has 2 aromatic rings. The summed E-state index contributed by atoms with van der Waals surface area (Å²) >= 11 is 1.67. The van der Waals surface area contributed by atoms with Crippen molar-refractivity contribution in [1.29, 1.82) is 0 Å². The first-order valence-corrected chi connectivity index (χ1v) is 12.0. The van der Waals surface area contributed by atoms with E-state index in [4.69, 9.17) is 14.2 Å². The van der Waals surface area contributed by atoms with E-state index < -0.39 is 11.9 Å². The Hall–Kier alpha value is -3.06. The molecule has 1 N–H and O–H groups in total. The maximum Gasteiger partial charge on any atom is 0.336 e. The number of methoxy groups -OCH3 is 2. The largest absolute Gasteiger partial charge is 0.493 e. The predicted octanol–water partition coefficient (Wildman–Crippen LogP) is 5.08. The molecule has 0 fully saturated rings. The highest BCUT2D eigenvalue weighted by molar-refractivity contribution is 7.10. The van der Waals surface area contributed by atoms with Crippen molar-refractivity contribution in [2.75, 3.05) is 20.8 Å². The van der Waals surface area contributed by atoms with Gasteiger partial charge in [0.2, 0.25) is 0 Å². The smallest absolute Gasteiger partial charge is 0.336 e. The molecule has 0 saturated heterocycles. The zero-order chi connectivity index (χ0) is 23.5. The average Bonchev–Trinajstić information content (AvgIpc) is 3.36. The van der Waals surface area contributed by atoms with Crippen molar-refractivity contribution in [2.24, 2.45) is 0 Å². The van der Waals surface area contributed by atoms with Crippen LogP contribution in [0.5, 0.6) is 11.5 Å². The average molecular weight is 468 g/mol. The molecular formula is C26H29NO5S. The summed E-state index contributed by atoms with van der Waals surface area (Å²) in [7, 11) is 3.14. The summed E-state index contributed by atoms with van der Waals surface area (Å²) in [6.45, 7) is 4.13. The number of hydrogen-bond donors (Lipinski definition) is 1. The number of carbonyl (C=O) groups is 2. The van der Waals surface area contributed by atoms with Gasteiger partial charge in [-0.3, -0.25) is 4.79 Å². The number of thiophene rings is 1. The zero-order valence-electron chi connectivity index (χ0n) is 19.4. The molecule has 2 aliphatic rings. The maximum atomic E-state index is 13.6. The van der Waals surface area contributed by atoms with Crippen LogP contribution in [0.4, 0.5) is 0 Å². The molecule has 0 amide bonds. The summed E-state index contributed by atoms with van der Waals surface area (Å²) in [6, 6.07) is 9.64. The zero-order valence-corrected chi connectivity index (χ0v) is 20.2. The Morgan fingerprint density at radius 3 is 2.64 bits per heavy atom. The van der Waals surface area contributed by atoms with Crippen molar-refractivity contribution in [2.45, 2.75) is 44.9 Å². The highest BCUT2D eigenvalue weighted by atomic mass is 32.1. The number of Topliss-reactive ketones (excluding diaryl/α,β-unsaturated/α-hetero) is 1. The fraction of sp³-hybridized carbons (Fsp3) is 0.385. The van der Waals surface area contributed by atoms with E-state index in [9.17, 15) is 9.59 Å². The van der Waals surface area contributed by atoms with Gasteiger partial charge in [0.15, 0.2) is 17.3 Å². The van der Waals surface area contributed by atoms with Crippen LogP contribution >= 0.6 is 11.3 Å². The molecule has 7 heteroatoms. The Labute approximate surface area is 198 Å². The minimum atomic E-state index is -0.590. The first kappa shape index (κ1) is 23.1. The van der Waals surface area contributed by atoms with Crippen LogP contribution in [-0.4, -0.2) is 32.6 Å². The first-order chi connectivity index (χ1) is 16.0. The number of hydrogen-bond acceptors (Lipinski definition) is 7. The summed E-state index contributed by atoms with van der Waals surface area (Å²) in [6.07, 6.45) is 1.83. The Balaban J connectivity index is 1.86. The third-order valence-corrected chi connectivity index (χ3v) is 7.21. The Kier molecular flexibility index (Phi) is 6.88. The van der Waals surface area contributed by atoms with Gasteiger partial charge in [-0.05, 0) is 37.3 Å². The lowest BCUT2D eigenvalue weighted by Gasteiger charge is -2.36. The fourth-order valence-electron chi connectivity index (χ4n) is 4.76. The van der Waals surface area contributed by atoms with E-state index in [1.54, 1.807) is 31.6 Å². The number of esters is 1. The van der Waals surface area contributed by atoms with Crippen molar-refractivity contribution in [3.63, 3.8) is 0 Å². The molecule has 1 aromatic heterocycles. The minimum Gasteiger partial charge on any atom is -0.493 e. The van der Waals surface area contributed by atoms with E-state index in [0.29, 0.717) is 54.2 Å². The predicted molar refractivity (Wildman–Crippen MR) is 128 cm³/mol. The lowest BCUT2D eigenvalue weighted by Crippen LogP contribution is -2.36. The van der Waals surface area contributed by atoms with E-state index in [-0.39, 0.29) is 11.7 Å². The molecule has 6 nitrogen and oxygen atoms in total. The number of carbonyl (C=O) groups excluding carboxylic acids is 2. The van der Waals surface area contributed by atoms with E-state index in [1.165, 1.54) is 4.88 Å². The van der Waals surface area contributed by atoms with Crippen LogP contribution in [0.2, 0.25) is 0 Å². The topological polar surface area (TPSA) is 73.9 Å². The number of ketones is 1. The molecule has 2 heterocycles. The van der Waals surface area contributed by atoms with Crippen LogP contribution in [0, 0.1) is 0 Å². The number of allylic oxidation sites excluding steroid dienone is 3. The number of nitrogens with one attached hydrogen (secondary N) is 1. The van der Waals surface area contributed by atoms with Gasteiger partial charge in [-0.1, -0.05) is 25.1 Å². The van der Waals surface area contributed by atoms with E-state index >= 15 is 0 Å². The van der Waals surface area contributed by atoms with Crippen LogP contribution in [0.3, 0.4) is 0 Å². The summed E-state index contributed by atoms with van der Waals surface area (Å²) in [4.78, 5) is 28.0. The highest BCUT2D eigenvalue weighted by Crippen LogP contribution is 2.49. The normalized spacial score (nSPS) is 20.3. The lowest BCUT2D eigenvalue weighted by molar-refractivity contribution is -0.139. The molecule has 0 spiro atoms. The van der Waals surface area contributed by atoms with E-state index in [1.807, 2.05) is 37.4 Å². The molecule has 0 unspecified atom stereocenters. The van der Waals surface area contributed by atoms with Crippen molar-refractivity contribution in [3.05, 3.63) is 68.7 Å². The van der Waals surface area contributed by atoms with Crippen LogP contribution in [0.1, 0.15) is 55.4 Å². The number of benzene rings is 1. The van der Waals surface area contributed by atoms with Gasteiger partial charge in [-0.25, -0.2) is 4.79 Å². The summed E-state index contributed by atoms with van der Waals surface area (Å²) < 4.78 is 16.8. The monoisotopic (exact) mass is 467 g/mol. The number of rotatable bonds is 7. The van der Waals surface area contributed by atoms with Crippen molar-refractivity contribution in [3.8, 4) is 11.5 Å². The fourth-order valence-corrected chi connectivity index (χ4v) is 5.59. The van der Waals surface area contributed by atoms with Gasteiger partial charge in [0, 0.05) is 39.7 Å². The van der Waals surface area contributed by atoms with Gasteiger partial charge < -0.3 is 19.5 Å². The van der Waals surface area contributed by atoms with Gasteiger partial charge in [0.05, 0.1) is 32.3 Å². The molecule has 1 aromatic carbocycles. The van der Waals surface area contributed by atoms with Crippen molar-refractivity contribution < 1.29 is 23.8 Å². The SMILES string of the molecule is CCCOC(=O)C1=C(C)NC2=C(C(=O)C[C@@H](c3cccs3)C2)[C@H]1c1cccc(OC)c1OC. The number of dihydropyridines is 1.